The fourth-order valence-corrected chi connectivity index (χ4v) is 2.39. The third kappa shape index (κ3) is 4.01. The van der Waals surface area contributed by atoms with Crippen LogP contribution in [-0.2, 0) is 6.54 Å². The van der Waals surface area contributed by atoms with Gasteiger partial charge in [-0.3, -0.25) is 0 Å². The predicted molar refractivity (Wildman–Crippen MR) is 96.9 cm³/mol. The van der Waals surface area contributed by atoms with Gasteiger partial charge in [0.15, 0.2) is 0 Å². The number of nitrogens with zero attached hydrogens (tertiary/aromatic N) is 3. The van der Waals surface area contributed by atoms with Gasteiger partial charge in [-0.15, -0.1) is 0 Å². The van der Waals surface area contributed by atoms with Crippen molar-refractivity contribution in [3.8, 4) is 5.75 Å². The number of benzene rings is 2. The Morgan fingerprint density at radius 2 is 1.88 bits per heavy atom. The van der Waals surface area contributed by atoms with E-state index in [1.54, 1.807) is 13.3 Å². The maximum Gasteiger partial charge on any atom is 0.229 e. The van der Waals surface area contributed by atoms with E-state index in [9.17, 15) is 0 Å². The van der Waals surface area contributed by atoms with Crippen LogP contribution in [0.4, 0.5) is 17.5 Å². The molecule has 1 heterocycles. The fourth-order valence-electron chi connectivity index (χ4n) is 2.39. The molecule has 3 rings (SSSR count). The summed E-state index contributed by atoms with van der Waals surface area (Å²) in [5.41, 5.74) is 2.12. The van der Waals surface area contributed by atoms with Gasteiger partial charge in [-0.05, 0) is 23.8 Å². The summed E-state index contributed by atoms with van der Waals surface area (Å²) in [5, 5.41) is 3.21. The number of aromatic nitrogens is 2. The minimum atomic E-state index is 0.556. The molecule has 3 aromatic rings. The highest BCUT2D eigenvalue weighted by atomic mass is 16.5. The maximum absolute atomic E-state index is 5.23. The number of ether oxygens (including phenoxy) is 1. The molecule has 0 aliphatic carbocycles. The Morgan fingerprint density at radius 3 is 2.67 bits per heavy atom. The van der Waals surface area contributed by atoms with Gasteiger partial charge in [-0.25, -0.2) is 4.98 Å². The molecule has 0 aliphatic heterocycles. The summed E-state index contributed by atoms with van der Waals surface area (Å²) < 4.78 is 5.23. The van der Waals surface area contributed by atoms with Crippen LogP contribution in [0.25, 0.3) is 0 Å². The van der Waals surface area contributed by atoms with E-state index in [0.29, 0.717) is 5.95 Å². The molecule has 24 heavy (non-hydrogen) atoms. The summed E-state index contributed by atoms with van der Waals surface area (Å²) in [6.07, 6.45) is 1.76. The van der Waals surface area contributed by atoms with Crippen LogP contribution in [0.1, 0.15) is 5.56 Å². The van der Waals surface area contributed by atoms with Gasteiger partial charge < -0.3 is 15.0 Å². The van der Waals surface area contributed by atoms with Crippen molar-refractivity contribution in [3.63, 3.8) is 0 Å². The topological polar surface area (TPSA) is 50.3 Å². The average Bonchev–Trinajstić information content (AvgIpc) is 2.63. The standard InChI is InChI=1S/C19H20N4O/c1-23(14-15-7-4-3-5-8-15)18-11-12-20-19(22-18)21-16-9-6-10-17(13-16)24-2/h3-13H,14H2,1-2H3,(H,20,21,22). The Hall–Kier alpha value is -3.08. The summed E-state index contributed by atoms with van der Waals surface area (Å²) in [6.45, 7) is 0.788. The highest BCUT2D eigenvalue weighted by Crippen LogP contribution is 2.20. The van der Waals surface area contributed by atoms with Crippen molar-refractivity contribution in [1.29, 1.82) is 0 Å². The van der Waals surface area contributed by atoms with Crippen molar-refractivity contribution in [2.24, 2.45) is 0 Å². The van der Waals surface area contributed by atoms with Crippen molar-refractivity contribution in [1.82, 2.24) is 9.97 Å². The Morgan fingerprint density at radius 1 is 1.04 bits per heavy atom. The molecule has 0 unspecified atom stereocenters. The van der Waals surface area contributed by atoms with E-state index in [4.69, 9.17) is 4.74 Å². The Labute approximate surface area is 142 Å². The van der Waals surface area contributed by atoms with E-state index in [2.05, 4.69) is 32.3 Å². The van der Waals surface area contributed by atoms with Crippen LogP contribution in [0, 0.1) is 0 Å². The number of hydrogen-bond acceptors (Lipinski definition) is 5. The largest absolute Gasteiger partial charge is 0.497 e. The number of rotatable bonds is 6. The number of anilines is 3. The summed E-state index contributed by atoms with van der Waals surface area (Å²) in [7, 11) is 3.67. The highest BCUT2D eigenvalue weighted by molar-refractivity contribution is 5.57. The quantitative estimate of drug-likeness (QED) is 0.747. The van der Waals surface area contributed by atoms with Crippen LogP contribution in [0.2, 0.25) is 0 Å². The molecule has 122 valence electrons. The SMILES string of the molecule is COc1cccc(Nc2nccc(N(C)Cc3ccccc3)n2)c1. The van der Waals surface area contributed by atoms with Crippen molar-refractivity contribution in [2.75, 3.05) is 24.4 Å². The van der Waals surface area contributed by atoms with Crippen molar-refractivity contribution in [2.45, 2.75) is 6.54 Å². The molecule has 1 aromatic heterocycles. The van der Waals surface area contributed by atoms with E-state index in [1.165, 1.54) is 5.56 Å². The van der Waals surface area contributed by atoms with Gasteiger partial charge in [0, 0.05) is 31.5 Å². The Bertz CT molecular complexity index is 792. The zero-order valence-electron chi connectivity index (χ0n) is 13.8. The van der Waals surface area contributed by atoms with E-state index < -0.39 is 0 Å². The summed E-state index contributed by atoms with van der Waals surface area (Å²) >= 11 is 0. The van der Waals surface area contributed by atoms with E-state index in [1.807, 2.05) is 55.6 Å². The molecule has 0 spiro atoms. The molecular formula is C19H20N4O. The molecule has 2 aromatic carbocycles. The Kier molecular flexibility index (Phi) is 4.91. The zero-order chi connectivity index (χ0) is 16.8. The summed E-state index contributed by atoms with van der Waals surface area (Å²) in [5.74, 6) is 2.21. The maximum atomic E-state index is 5.23. The first-order valence-corrected chi connectivity index (χ1v) is 7.74. The molecule has 1 N–H and O–H groups in total. The van der Waals surface area contributed by atoms with Gasteiger partial charge in [-0.2, -0.15) is 4.98 Å². The smallest absolute Gasteiger partial charge is 0.229 e. The second kappa shape index (κ2) is 7.46. The minimum absolute atomic E-state index is 0.556. The molecule has 5 nitrogen and oxygen atoms in total. The summed E-state index contributed by atoms with van der Waals surface area (Å²) in [4.78, 5) is 11.0. The molecule has 0 atom stereocenters. The normalized spacial score (nSPS) is 10.2. The third-order valence-electron chi connectivity index (χ3n) is 3.62. The lowest BCUT2D eigenvalue weighted by Gasteiger charge is -2.18. The van der Waals surface area contributed by atoms with Crippen LogP contribution in [0.5, 0.6) is 5.75 Å². The monoisotopic (exact) mass is 320 g/mol. The first kappa shape index (κ1) is 15.8. The second-order valence-corrected chi connectivity index (χ2v) is 5.44. The van der Waals surface area contributed by atoms with Gasteiger partial charge in [0.2, 0.25) is 5.95 Å². The molecule has 5 heteroatoms. The lowest BCUT2D eigenvalue weighted by Crippen LogP contribution is -2.18. The minimum Gasteiger partial charge on any atom is -0.497 e. The zero-order valence-corrected chi connectivity index (χ0v) is 13.8. The molecule has 0 fully saturated rings. The van der Waals surface area contributed by atoms with Gasteiger partial charge in [0.05, 0.1) is 7.11 Å². The fraction of sp³-hybridized carbons (Fsp3) is 0.158. The first-order chi connectivity index (χ1) is 11.7. The molecule has 0 amide bonds. The first-order valence-electron chi connectivity index (χ1n) is 7.74. The molecular weight excluding hydrogens is 300 g/mol. The predicted octanol–water partition coefficient (Wildman–Crippen LogP) is 3.87. The number of hydrogen-bond donors (Lipinski definition) is 1. The van der Waals surface area contributed by atoms with Crippen LogP contribution in [0.3, 0.4) is 0 Å². The molecule has 0 saturated carbocycles. The molecule has 0 radical (unpaired) electrons. The number of nitrogens with one attached hydrogen (secondary N) is 1. The van der Waals surface area contributed by atoms with E-state index >= 15 is 0 Å². The van der Waals surface area contributed by atoms with Gasteiger partial charge in [0.1, 0.15) is 11.6 Å². The van der Waals surface area contributed by atoms with Gasteiger partial charge in [-0.1, -0.05) is 36.4 Å². The molecule has 0 bridgehead atoms. The highest BCUT2D eigenvalue weighted by Gasteiger charge is 2.06. The molecule has 0 aliphatic rings. The second-order valence-electron chi connectivity index (χ2n) is 5.44. The van der Waals surface area contributed by atoms with Gasteiger partial charge in [0.25, 0.3) is 0 Å². The van der Waals surface area contributed by atoms with Crippen molar-refractivity contribution in [3.05, 3.63) is 72.4 Å². The van der Waals surface area contributed by atoms with Crippen LogP contribution in [0.15, 0.2) is 66.9 Å². The van der Waals surface area contributed by atoms with Crippen LogP contribution >= 0.6 is 0 Å². The Balaban J connectivity index is 1.73. The van der Waals surface area contributed by atoms with E-state index in [0.717, 1.165) is 23.8 Å². The molecule has 0 saturated heterocycles. The summed E-state index contributed by atoms with van der Waals surface area (Å²) in [6, 6.07) is 19.9. The number of methoxy groups -OCH3 is 1. The van der Waals surface area contributed by atoms with Crippen LogP contribution in [-0.4, -0.2) is 24.1 Å². The van der Waals surface area contributed by atoms with E-state index in [-0.39, 0.29) is 0 Å². The van der Waals surface area contributed by atoms with Gasteiger partial charge >= 0.3 is 0 Å². The van der Waals surface area contributed by atoms with Crippen molar-refractivity contribution >= 4 is 17.5 Å². The van der Waals surface area contributed by atoms with Crippen molar-refractivity contribution < 1.29 is 4.74 Å². The lowest BCUT2D eigenvalue weighted by molar-refractivity contribution is 0.415. The third-order valence-corrected chi connectivity index (χ3v) is 3.62. The van der Waals surface area contributed by atoms with Crippen LogP contribution < -0.4 is 15.0 Å². The lowest BCUT2D eigenvalue weighted by atomic mass is 10.2. The average molecular weight is 320 g/mol.